The Bertz CT molecular complexity index is 1460. The predicted molar refractivity (Wildman–Crippen MR) is 144 cm³/mol. The second-order valence-corrected chi connectivity index (χ2v) is 9.88. The summed E-state index contributed by atoms with van der Waals surface area (Å²) in [4.78, 5) is 32.0. The third kappa shape index (κ3) is 5.57. The lowest BCUT2D eigenvalue weighted by molar-refractivity contribution is -0.140. The quantitative estimate of drug-likeness (QED) is 0.426. The van der Waals surface area contributed by atoms with Crippen molar-refractivity contribution in [2.45, 2.75) is 33.7 Å². The Morgan fingerprint density at radius 2 is 1.86 bits per heavy atom. The van der Waals surface area contributed by atoms with Gasteiger partial charge in [0.1, 0.15) is 5.75 Å². The topological polar surface area (TPSA) is 69.9 Å². The van der Waals surface area contributed by atoms with Crippen molar-refractivity contribution in [2.75, 3.05) is 13.2 Å². The first kappa shape index (κ1) is 25.4. The maximum Gasteiger partial charge on any atom is 0.338 e. The largest absolute Gasteiger partial charge is 0.494 e. The van der Waals surface area contributed by atoms with Crippen LogP contribution in [0, 0.1) is 5.92 Å². The summed E-state index contributed by atoms with van der Waals surface area (Å²) in [6.07, 6.45) is 5.60. The number of aromatic nitrogens is 1. The van der Waals surface area contributed by atoms with Crippen molar-refractivity contribution in [2.24, 2.45) is 10.9 Å². The van der Waals surface area contributed by atoms with Gasteiger partial charge in [-0.25, -0.2) is 9.79 Å². The minimum Gasteiger partial charge on any atom is -0.494 e. The molecule has 1 aliphatic heterocycles. The van der Waals surface area contributed by atoms with Gasteiger partial charge in [0.25, 0.3) is 5.56 Å². The van der Waals surface area contributed by atoms with Gasteiger partial charge in [-0.3, -0.25) is 9.36 Å². The van der Waals surface area contributed by atoms with E-state index in [0.717, 1.165) is 16.9 Å². The summed E-state index contributed by atoms with van der Waals surface area (Å²) in [6.45, 7) is 8.52. The maximum absolute atomic E-state index is 13.6. The number of hydrogen-bond donors (Lipinski definition) is 0. The molecule has 0 saturated heterocycles. The Morgan fingerprint density at radius 1 is 1.14 bits per heavy atom. The smallest absolute Gasteiger partial charge is 0.338 e. The van der Waals surface area contributed by atoms with Gasteiger partial charge in [-0.15, -0.1) is 0 Å². The van der Waals surface area contributed by atoms with E-state index in [1.807, 2.05) is 87.5 Å². The first-order valence-corrected chi connectivity index (χ1v) is 12.8. The van der Waals surface area contributed by atoms with E-state index >= 15 is 0 Å². The zero-order chi connectivity index (χ0) is 25.7. The Hall–Kier alpha value is -3.71. The summed E-state index contributed by atoms with van der Waals surface area (Å²) in [5, 5.41) is 0. The minimum atomic E-state index is -0.642. The molecule has 2 heterocycles. The van der Waals surface area contributed by atoms with Crippen LogP contribution in [0.25, 0.3) is 12.2 Å². The van der Waals surface area contributed by atoms with E-state index in [2.05, 4.69) is 4.99 Å². The molecule has 1 atom stereocenters. The van der Waals surface area contributed by atoms with Crippen LogP contribution in [0.4, 0.5) is 0 Å². The van der Waals surface area contributed by atoms with Crippen LogP contribution in [-0.4, -0.2) is 23.8 Å². The van der Waals surface area contributed by atoms with E-state index in [4.69, 9.17) is 9.47 Å². The van der Waals surface area contributed by atoms with Crippen LogP contribution in [0.1, 0.15) is 44.9 Å². The number of carbonyl (C=O) groups is 1. The van der Waals surface area contributed by atoms with Crippen molar-refractivity contribution in [3.05, 3.63) is 103 Å². The van der Waals surface area contributed by atoms with E-state index in [9.17, 15) is 9.59 Å². The fraction of sp³-hybridized carbons (Fsp3) is 0.276. The number of allylic oxidation sites excluding steroid dienone is 2. The molecule has 0 fully saturated rings. The van der Waals surface area contributed by atoms with Crippen LogP contribution in [0.5, 0.6) is 5.75 Å². The number of fused-ring (bicyclic) bond motifs is 1. The third-order valence-electron chi connectivity index (χ3n) is 5.63. The summed E-state index contributed by atoms with van der Waals surface area (Å²) in [6, 6.07) is 16.7. The summed E-state index contributed by atoms with van der Waals surface area (Å²) in [5.41, 5.74) is 2.56. The standard InChI is InChI=1S/C29H30N2O4S/c1-5-34-23-16-14-22(15-17-23)26-25(28(33)35-18-19(2)3)20(4)30-29-31(26)27(32)24(36-29)13-9-12-21-10-7-6-8-11-21/h6-17,19,26H,5,18H2,1-4H3. The van der Waals surface area contributed by atoms with Gasteiger partial charge < -0.3 is 9.47 Å². The second kappa shape index (κ2) is 11.4. The molecule has 1 aromatic heterocycles. The SMILES string of the molecule is CCOc1ccc(C2C(C(=O)OCC(C)C)=C(C)N=c3sc(=CC=Cc4ccccc4)c(=O)n32)cc1. The third-order valence-corrected chi connectivity index (χ3v) is 6.63. The Balaban J connectivity index is 1.81. The maximum atomic E-state index is 13.6. The van der Waals surface area contributed by atoms with E-state index in [-0.39, 0.29) is 11.5 Å². The zero-order valence-electron chi connectivity index (χ0n) is 20.9. The number of nitrogens with zero attached hydrogens (tertiary/aromatic N) is 2. The molecule has 0 bridgehead atoms. The lowest BCUT2D eigenvalue weighted by Gasteiger charge is -2.25. The van der Waals surface area contributed by atoms with Crippen molar-refractivity contribution in [3.8, 4) is 5.75 Å². The molecule has 0 saturated carbocycles. The molecule has 1 unspecified atom stereocenters. The highest BCUT2D eigenvalue weighted by Crippen LogP contribution is 2.31. The first-order valence-electron chi connectivity index (χ1n) is 12.0. The molecule has 0 radical (unpaired) electrons. The van der Waals surface area contributed by atoms with E-state index in [1.54, 1.807) is 17.6 Å². The number of carbonyl (C=O) groups excluding carboxylic acids is 1. The van der Waals surface area contributed by atoms with Gasteiger partial charge >= 0.3 is 5.97 Å². The number of thiazole rings is 1. The van der Waals surface area contributed by atoms with Crippen molar-refractivity contribution >= 4 is 29.5 Å². The fourth-order valence-electron chi connectivity index (χ4n) is 3.96. The highest BCUT2D eigenvalue weighted by Gasteiger charge is 2.33. The number of benzene rings is 2. The first-order chi connectivity index (χ1) is 17.4. The van der Waals surface area contributed by atoms with Crippen molar-refractivity contribution in [1.82, 2.24) is 4.57 Å². The molecular weight excluding hydrogens is 472 g/mol. The molecule has 0 N–H and O–H groups in total. The average Bonchev–Trinajstić information content (AvgIpc) is 3.17. The summed E-state index contributed by atoms with van der Waals surface area (Å²) in [5.74, 6) is 0.461. The Morgan fingerprint density at radius 3 is 2.53 bits per heavy atom. The van der Waals surface area contributed by atoms with Gasteiger partial charge in [0.2, 0.25) is 0 Å². The summed E-state index contributed by atoms with van der Waals surface area (Å²) >= 11 is 1.31. The van der Waals surface area contributed by atoms with Gasteiger partial charge in [0.15, 0.2) is 4.80 Å². The minimum absolute atomic E-state index is 0.191. The molecule has 0 amide bonds. The van der Waals surface area contributed by atoms with Crippen molar-refractivity contribution in [3.63, 3.8) is 0 Å². The molecule has 0 spiro atoms. The molecule has 6 nitrogen and oxygen atoms in total. The fourth-order valence-corrected chi connectivity index (χ4v) is 4.95. The van der Waals surface area contributed by atoms with E-state index in [0.29, 0.717) is 33.8 Å². The van der Waals surface area contributed by atoms with E-state index in [1.165, 1.54) is 11.3 Å². The van der Waals surface area contributed by atoms with Crippen LogP contribution in [0.2, 0.25) is 0 Å². The molecule has 36 heavy (non-hydrogen) atoms. The molecular formula is C29H30N2O4S. The van der Waals surface area contributed by atoms with Crippen LogP contribution in [0.3, 0.4) is 0 Å². The Labute approximate surface area is 214 Å². The van der Waals surface area contributed by atoms with Gasteiger partial charge in [0, 0.05) is 0 Å². The normalized spacial score (nSPS) is 15.8. The Kier molecular flexibility index (Phi) is 8.00. The number of rotatable bonds is 8. The number of hydrogen-bond acceptors (Lipinski definition) is 6. The molecule has 3 aromatic rings. The average molecular weight is 503 g/mol. The monoisotopic (exact) mass is 502 g/mol. The van der Waals surface area contributed by atoms with Gasteiger partial charge in [-0.1, -0.05) is 79.8 Å². The summed E-state index contributed by atoms with van der Waals surface area (Å²) in [7, 11) is 0. The van der Waals surface area contributed by atoms with Crippen molar-refractivity contribution in [1.29, 1.82) is 0 Å². The van der Waals surface area contributed by atoms with Crippen LogP contribution in [0.15, 0.2) is 81.7 Å². The highest BCUT2D eigenvalue weighted by atomic mass is 32.1. The van der Waals surface area contributed by atoms with Gasteiger partial charge in [-0.05, 0) is 49.1 Å². The molecule has 1 aliphatic rings. The van der Waals surface area contributed by atoms with E-state index < -0.39 is 12.0 Å². The number of ether oxygens (including phenoxy) is 2. The highest BCUT2D eigenvalue weighted by molar-refractivity contribution is 7.07. The molecule has 2 aromatic carbocycles. The molecule has 4 rings (SSSR count). The lowest BCUT2D eigenvalue weighted by Crippen LogP contribution is -2.40. The van der Waals surface area contributed by atoms with Gasteiger partial charge in [0.05, 0.1) is 35.1 Å². The van der Waals surface area contributed by atoms with Gasteiger partial charge in [-0.2, -0.15) is 0 Å². The summed E-state index contributed by atoms with van der Waals surface area (Å²) < 4.78 is 13.3. The zero-order valence-corrected chi connectivity index (χ0v) is 21.7. The molecule has 186 valence electrons. The predicted octanol–water partition coefficient (Wildman–Crippen LogP) is 4.50. The molecule has 0 aliphatic carbocycles. The molecule has 7 heteroatoms. The second-order valence-electron chi connectivity index (χ2n) is 8.87. The number of esters is 1. The lowest BCUT2D eigenvalue weighted by atomic mass is 9.96. The van der Waals surface area contributed by atoms with Crippen LogP contribution in [-0.2, 0) is 9.53 Å². The van der Waals surface area contributed by atoms with Crippen molar-refractivity contribution < 1.29 is 14.3 Å². The van der Waals surface area contributed by atoms with Crippen LogP contribution >= 0.6 is 11.3 Å². The van der Waals surface area contributed by atoms with Crippen LogP contribution < -0.4 is 19.6 Å².